The van der Waals surface area contributed by atoms with Gasteiger partial charge in [-0.3, -0.25) is 4.79 Å². The minimum Gasteiger partial charge on any atom is -0.351 e. The zero-order valence-corrected chi connectivity index (χ0v) is 16.2. The molecule has 0 unspecified atom stereocenters. The summed E-state index contributed by atoms with van der Waals surface area (Å²) < 4.78 is 1.81. The molecule has 140 valence electrons. The first-order valence-corrected chi connectivity index (χ1v) is 9.89. The molecular formula is C21H19N5OS. The predicted octanol–water partition coefficient (Wildman–Crippen LogP) is 3.53. The zero-order valence-electron chi connectivity index (χ0n) is 15.4. The van der Waals surface area contributed by atoms with E-state index in [9.17, 15) is 4.79 Å². The largest absolute Gasteiger partial charge is 0.351 e. The molecule has 7 heteroatoms. The maximum atomic E-state index is 12.2. The molecule has 0 spiro atoms. The van der Waals surface area contributed by atoms with Crippen LogP contribution in [0.3, 0.4) is 0 Å². The lowest BCUT2D eigenvalue weighted by Crippen LogP contribution is -2.24. The number of hydrogen-bond acceptors (Lipinski definition) is 5. The second-order valence-electron chi connectivity index (χ2n) is 6.31. The van der Waals surface area contributed by atoms with Gasteiger partial charge in [-0.25, -0.2) is 14.6 Å². The number of para-hydroxylation sites is 1. The Kier molecular flexibility index (Phi) is 5.34. The molecule has 1 amide bonds. The van der Waals surface area contributed by atoms with E-state index in [2.05, 4.69) is 20.4 Å². The fraction of sp³-hybridized carbons (Fsp3) is 0.143. The molecule has 0 saturated heterocycles. The van der Waals surface area contributed by atoms with Gasteiger partial charge in [0, 0.05) is 6.54 Å². The summed E-state index contributed by atoms with van der Waals surface area (Å²) >= 11 is 1.39. The van der Waals surface area contributed by atoms with E-state index in [1.807, 2.05) is 66.2 Å². The van der Waals surface area contributed by atoms with E-state index in [0.717, 1.165) is 32.9 Å². The minimum absolute atomic E-state index is 0.0353. The van der Waals surface area contributed by atoms with Gasteiger partial charge in [0.15, 0.2) is 5.65 Å². The van der Waals surface area contributed by atoms with Crippen LogP contribution in [0.4, 0.5) is 0 Å². The van der Waals surface area contributed by atoms with Gasteiger partial charge in [0.1, 0.15) is 11.4 Å². The normalized spacial score (nSPS) is 10.9. The quantitative estimate of drug-likeness (QED) is 0.403. The average Bonchev–Trinajstić information content (AvgIpc) is 3.16. The number of benzene rings is 2. The first-order chi connectivity index (χ1) is 13.7. The second kappa shape index (κ2) is 8.22. The van der Waals surface area contributed by atoms with Gasteiger partial charge in [0.05, 0.1) is 23.0 Å². The van der Waals surface area contributed by atoms with Crippen molar-refractivity contribution in [2.75, 3.05) is 5.75 Å². The lowest BCUT2D eigenvalue weighted by Gasteiger charge is -2.07. The highest BCUT2D eigenvalue weighted by atomic mass is 32.2. The predicted molar refractivity (Wildman–Crippen MR) is 110 cm³/mol. The molecule has 4 aromatic rings. The number of carbonyl (C=O) groups excluding carboxylic acids is 1. The van der Waals surface area contributed by atoms with Gasteiger partial charge < -0.3 is 5.32 Å². The second-order valence-corrected chi connectivity index (χ2v) is 7.27. The van der Waals surface area contributed by atoms with E-state index in [0.29, 0.717) is 6.54 Å². The van der Waals surface area contributed by atoms with E-state index in [1.54, 1.807) is 6.20 Å². The van der Waals surface area contributed by atoms with Crippen molar-refractivity contribution >= 4 is 28.7 Å². The monoisotopic (exact) mass is 389 g/mol. The van der Waals surface area contributed by atoms with Crippen LogP contribution in [0.15, 0.2) is 72.1 Å². The van der Waals surface area contributed by atoms with Crippen LogP contribution < -0.4 is 5.32 Å². The number of aromatic nitrogens is 4. The third-order valence-electron chi connectivity index (χ3n) is 4.35. The summed E-state index contributed by atoms with van der Waals surface area (Å²) in [4.78, 5) is 20.9. The summed E-state index contributed by atoms with van der Waals surface area (Å²) in [5, 5.41) is 9.01. The summed E-state index contributed by atoms with van der Waals surface area (Å²) in [6.07, 6.45) is 3.27. The van der Waals surface area contributed by atoms with Gasteiger partial charge >= 0.3 is 0 Å². The number of amides is 1. The molecule has 4 rings (SSSR count). The van der Waals surface area contributed by atoms with Gasteiger partial charge in [-0.05, 0) is 24.1 Å². The van der Waals surface area contributed by atoms with Crippen molar-refractivity contribution in [3.8, 4) is 5.69 Å². The molecule has 0 bridgehead atoms. The van der Waals surface area contributed by atoms with Crippen LogP contribution in [0.1, 0.15) is 11.1 Å². The lowest BCUT2D eigenvalue weighted by atomic mass is 10.2. The fourth-order valence-electron chi connectivity index (χ4n) is 2.90. The Bertz CT molecular complexity index is 1110. The van der Waals surface area contributed by atoms with E-state index in [-0.39, 0.29) is 11.7 Å². The van der Waals surface area contributed by atoms with E-state index < -0.39 is 0 Å². The van der Waals surface area contributed by atoms with Crippen LogP contribution in [0.5, 0.6) is 0 Å². The van der Waals surface area contributed by atoms with Crippen molar-refractivity contribution in [3.63, 3.8) is 0 Å². The smallest absolute Gasteiger partial charge is 0.230 e. The van der Waals surface area contributed by atoms with Gasteiger partial charge in [0.25, 0.3) is 0 Å². The number of nitrogens with zero attached hydrogens (tertiary/aromatic N) is 4. The lowest BCUT2D eigenvalue weighted by molar-refractivity contribution is -0.118. The number of carbonyl (C=O) groups is 1. The van der Waals surface area contributed by atoms with Crippen LogP contribution in [-0.4, -0.2) is 31.4 Å². The highest BCUT2D eigenvalue weighted by Gasteiger charge is 2.13. The number of rotatable bonds is 6. The van der Waals surface area contributed by atoms with E-state index in [1.165, 1.54) is 18.1 Å². The molecule has 1 N–H and O–H groups in total. The summed E-state index contributed by atoms with van der Waals surface area (Å²) in [5.74, 6) is 0.251. The third kappa shape index (κ3) is 3.89. The van der Waals surface area contributed by atoms with E-state index >= 15 is 0 Å². The van der Waals surface area contributed by atoms with Crippen LogP contribution in [0.25, 0.3) is 16.7 Å². The molecule has 6 nitrogen and oxygen atoms in total. The molecule has 0 fully saturated rings. The van der Waals surface area contributed by atoms with Crippen molar-refractivity contribution in [2.45, 2.75) is 18.5 Å². The molecule has 0 radical (unpaired) electrons. The third-order valence-corrected chi connectivity index (χ3v) is 5.35. The molecule has 2 heterocycles. The van der Waals surface area contributed by atoms with E-state index in [4.69, 9.17) is 0 Å². The minimum atomic E-state index is -0.0353. The first kappa shape index (κ1) is 18.2. The number of thioether (sulfide) groups is 1. The zero-order chi connectivity index (χ0) is 19.3. The molecular weight excluding hydrogens is 370 g/mol. The van der Waals surface area contributed by atoms with Crippen LogP contribution in [0, 0.1) is 6.92 Å². The Hall–Kier alpha value is -3.19. The van der Waals surface area contributed by atoms with Crippen molar-refractivity contribution in [1.82, 2.24) is 25.1 Å². The maximum absolute atomic E-state index is 12.2. The van der Waals surface area contributed by atoms with Crippen molar-refractivity contribution in [2.24, 2.45) is 0 Å². The SMILES string of the molecule is Cc1ccccc1-n1ncc2c(SCC(=O)NCc3ccccc3)ncnc21. The number of nitrogens with one attached hydrogen (secondary N) is 1. The van der Waals surface area contributed by atoms with Crippen LogP contribution >= 0.6 is 11.8 Å². The van der Waals surface area contributed by atoms with Crippen LogP contribution in [0.2, 0.25) is 0 Å². The number of aryl methyl sites for hydroxylation is 1. The average molecular weight is 389 g/mol. The summed E-state index contributed by atoms with van der Waals surface area (Å²) in [5.41, 5.74) is 3.90. The number of hydrogen-bond donors (Lipinski definition) is 1. The summed E-state index contributed by atoms with van der Waals surface area (Å²) in [6, 6.07) is 17.9. The van der Waals surface area contributed by atoms with Gasteiger partial charge in [-0.2, -0.15) is 5.10 Å². The topological polar surface area (TPSA) is 72.7 Å². The summed E-state index contributed by atoms with van der Waals surface area (Å²) in [6.45, 7) is 2.56. The Morgan fingerprint density at radius 2 is 1.86 bits per heavy atom. The highest BCUT2D eigenvalue weighted by molar-refractivity contribution is 8.00. The summed E-state index contributed by atoms with van der Waals surface area (Å²) in [7, 11) is 0. The van der Waals surface area contributed by atoms with Crippen LogP contribution in [-0.2, 0) is 11.3 Å². The van der Waals surface area contributed by atoms with Crippen molar-refractivity contribution < 1.29 is 4.79 Å². The highest BCUT2D eigenvalue weighted by Crippen LogP contribution is 2.26. The Labute approximate surface area is 167 Å². The molecule has 2 aromatic heterocycles. The van der Waals surface area contributed by atoms with Crippen molar-refractivity contribution in [3.05, 3.63) is 78.2 Å². The van der Waals surface area contributed by atoms with Crippen molar-refractivity contribution in [1.29, 1.82) is 0 Å². The molecule has 0 aliphatic carbocycles. The Balaban J connectivity index is 1.47. The number of fused-ring (bicyclic) bond motifs is 1. The Morgan fingerprint density at radius 3 is 2.68 bits per heavy atom. The van der Waals surface area contributed by atoms with Gasteiger partial charge in [-0.1, -0.05) is 60.3 Å². The molecule has 28 heavy (non-hydrogen) atoms. The standard InChI is InChI=1S/C21H19N5OS/c1-15-7-5-6-10-18(15)26-20-17(12-25-26)21(24-14-23-20)28-13-19(27)22-11-16-8-3-2-4-9-16/h2-10,12,14H,11,13H2,1H3,(H,22,27). The molecule has 0 aliphatic rings. The molecule has 0 saturated carbocycles. The molecule has 0 atom stereocenters. The van der Waals surface area contributed by atoms with Gasteiger partial charge in [-0.15, -0.1) is 0 Å². The Morgan fingerprint density at radius 1 is 1.07 bits per heavy atom. The maximum Gasteiger partial charge on any atom is 0.230 e. The molecule has 2 aromatic carbocycles. The fourth-order valence-corrected chi connectivity index (χ4v) is 3.69. The molecule has 0 aliphatic heterocycles. The van der Waals surface area contributed by atoms with Gasteiger partial charge in [0.2, 0.25) is 5.91 Å². The first-order valence-electron chi connectivity index (χ1n) is 8.90.